The van der Waals surface area contributed by atoms with Crippen molar-refractivity contribution in [2.45, 2.75) is 20.0 Å². The van der Waals surface area contributed by atoms with Crippen LogP contribution in [0.5, 0.6) is 0 Å². The maximum absolute atomic E-state index is 13.0. The van der Waals surface area contributed by atoms with E-state index in [1.165, 1.54) is 42.5 Å². The van der Waals surface area contributed by atoms with Gasteiger partial charge in [0.15, 0.2) is 5.13 Å². The molecule has 0 aliphatic rings. The lowest BCUT2D eigenvalue weighted by molar-refractivity contribution is -0.137. The van der Waals surface area contributed by atoms with E-state index in [0.29, 0.717) is 15.8 Å². The Morgan fingerprint density at radius 2 is 2.00 bits per heavy atom. The first-order valence-corrected chi connectivity index (χ1v) is 10.1. The summed E-state index contributed by atoms with van der Waals surface area (Å²) in [5.41, 5.74) is -0.449. The Morgan fingerprint density at radius 3 is 2.63 bits per heavy atom. The summed E-state index contributed by atoms with van der Waals surface area (Å²) in [6.45, 7) is 2.99. The molecular weight excluding hydrogens is 439 g/mol. The number of anilines is 3. The normalized spacial score (nSPS) is 11.6. The van der Waals surface area contributed by atoms with Crippen molar-refractivity contribution in [1.82, 2.24) is 15.2 Å². The third-order valence-corrected chi connectivity index (χ3v) is 5.21. The summed E-state index contributed by atoms with van der Waals surface area (Å²) in [6.07, 6.45) is -1.88. The van der Waals surface area contributed by atoms with Crippen LogP contribution in [0.2, 0.25) is 0 Å². The van der Waals surface area contributed by atoms with Crippen LogP contribution < -0.4 is 10.2 Å². The fourth-order valence-electron chi connectivity index (χ4n) is 2.36. The highest BCUT2D eigenvalue weighted by Gasteiger charge is 2.31. The van der Waals surface area contributed by atoms with Gasteiger partial charge in [-0.05, 0) is 31.2 Å². The molecule has 30 heavy (non-hydrogen) atoms. The number of benzene rings is 1. The van der Waals surface area contributed by atoms with Crippen molar-refractivity contribution in [2.75, 3.05) is 10.2 Å². The molecule has 2 amide bonds. The second kappa shape index (κ2) is 8.71. The lowest BCUT2D eigenvalue weighted by Gasteiger charge is -2.19. The molecule has 2 heterocycles. The summed E-state index contributed by atoms with van der Waals surface area (Å²) in [5.74, 6) is -0.939. The number of nitrogens with one attached hydrogen (secondary N) is 1. The van der Waals surface area contributed by atoms with Crippen LogP contribution in [0.4, 0.5) is 29.1 Å². The number of thiazole rings is 1. The van der Waals surface area contributed by atoms with Gasteiger partial charge in [0, 0.05) is 18.4 Å². The number of nitrogens with zero attached hydrogens (tertiary/aromatic N) is 4. The molecule has 0 unspecified atom stereocenters. The lowest BCUT2D eigenvalue weighted by atomic mass is 10.2. The van der Waals surface area contributed by atoms with Crippen LogP contribution in [0.15, 0.2) is 35.7 Å². The fraction of sp³-hybridized carbons (Fsp3) is 0.167. The van der Waals surface area contributed by atoms with Gasteiger partial charge in [0.25, 0.3) is 0 Å². The Morgan fingerprint density at radius 1 is 1.23 bits per heavy atom. The highest BCUT2D eigenvalue weighted by molar-refractivity contribution is 7.15. The number of carbonyl (C=O) groups is 2. The third-order valence-electron chi connectivity index (χ3n) is 3.61. The summed E-state index contributed by atoms with van der Waals surface area (Å²) in [5, 5.41) is 12.9. The number of halogens is 3. The highest BCUT2D eigenvalue weighted by Crippen LogP contribution is 2.35. The van der Waals surface area contributed by atoms with E-state index in [1.54, 1.807) is 12.3 Å². The standard InChI is InChI=1S/C18H14F3N5O2S2/c1-10-24-25-16(30-10)23-15(28)7-6-13-9-29-17(22-13)26(11(2)27)14-5-3-4-12(8-14)18(19,20)21/h3-9H,1-2H3,(H,23,25,28)/b7-6+. The predicted octanol–water partition coefficient (Wildman–Crippen LogP) is 4.66. The summed E-state index contributed by atoms with van der Waals surface area (Å²) >= 11 is 2.29. The Kier molecular flexibility index (Phi) is 6.27. The Bertz CT molecular complexity index is 1110. The molecule has 0 spiro atoms. The van der Waals surface area contributed by atoms with E-state index >= 15 is 0 Å². The van der Waals surface area contributed by atoms with Gasteiger partial charge in [0.1, 0.15) is 5.01 Å². The van der Waals surface area contributed by atoms with Gasteiger partial charge in [-0.1, -0.05) is 17.4 Å². The summed E-state index contributed by atoms with van der Waals surface area (Å²) in [6, 6.07) is 4.43. The molecule has 156 valence electrons. The molecule has 0 aliphatic carbocycles. The first kappa shape index (κ1) is 21.6. The lowest BCUT2D eigenvalue weighted by Crippen LogP contribution is -2.23. The second-order valence-corrected chi connectivity index (χ2v) is 7.92. The van der Waals surface area contributed by atoms with E-state index < -0.39 is 23.6 Å². The molecule has 0 atom stereocenters. The van der Waals surface area contributed by atoms with E-state index in [2.05, 4.69) is 20.5 Å². The van der Waals surface area contributed by atoms with Crippen molar-refractivity contribution in [1.29, 1.82) is 0 Å². The smallest absolute Gasteiger partial charge is 0.297 e. The minimum atomic E-state index is -4.53. The predicted molar refractivity (Wildman–Crippen MR) is 109 cm³/mol. The number of carbonyl (C=O) groups excluding carboxylic acids is 2. The van der Waals surface area contributed by atoms with Gasteiger partial charge in [-0.15, -0.1) is 21.5 Å². The number of hydrogen-bond acceptors (Lipinski definition) is 7. The number of aryl methyl sites for hydroxylation is 1. The van der Waals surface area contributed by atoms with Crippen molar-refractivity contribution in [3.05, 3.63) is 52.0 Å². The third kappa shape index (κ3) is 5.27. The average Bonchev–Trinajstić information content (AvgIpc) is 3.28. The van der Waals surface area contributed by atoms with Crippen LogP contribution in [-0.2, 0) is 15.8 Å². The van der Waals surface area contributed by atoms with Gasteiger partial charge < -0.3 is 0 Å². The minimum absolute atomic E-state index is 0.0478. The summed E-state index contributed by atoms with van der Waals surface area (Å²) < 4.78 is 39.0. The van der Waals surface area contributed by atoms with Gasteiger partial charge in [-0.25, -0.2) is 4.98 Å². The number of rotatable bonds is 5. The van der Waals surface area contributed by atoms with Gasteiger partial charge in [0.05, 0.1) is 16.9 Å². The monoisotopic (exact) mass is 453 g/mol. The quantitative estimate of drug-likeness (QED) is 0.568. The SMILES string of the molecule is CC(=O)N(c1cccc(C(F)(F)F)c1)c1nc(/C=C/C(=O)Nc2nnc(C)s2)cs1. The van der Waals surface area contributed by atoms with Crippen LogP contribution >= 0.6 is 22.7 Å². The molecule has 1 aromatic carbocycles. The molecular formula is C18H14F3N5O2S2. The Labute approximate surface area is 176 Å². The number of amides is 2. The largest absolute Gasteiger partial charge is 0.416 e. The van der Waals surface area contributed by atoms with Crippen LogP contribution in [0.3, 0.4) is 0 Å². The first-order valence-electron chi connectivity index (χ1n) is 8.36. The van der Waals surface area contributed by atoms with Crippen LogP contribution in [0, 0.1) is 6.92 Å². The molecule has 12 heteroatoms. The van der Waals surface area contributed by atoms with Crippen molar-refractivity contribution < 1.29 is 22.8 Å². The van der Waals surface area contributed by atoms with E-state index in [9.17, 15) is 22.8 Å². The first-order chi connectivity index (χ1) is 14.1. The van der Waals surface area contributed by atoms with E-state index in [0.717, 1.165) is 28.4 Å². The van der Waals surface area contributed by atoms with Gasteiger partial charge in [-0.3, -0.25) is 19.8 Å². The zero-order valence-electron chi connectivity index (χ0n) is 15.6. The van der Waals surface area contributed by atoms with Gasteiger partial charge >= 0.3 is 6.18 Å². The minimum Gasteiger partial charge on any atom is -0.297 e. The van der Waals surface area contributed by atoms with E-state index in [-0.39, 0.29) is 10.8 Å². The fourth-order valence-corrected chi connectivity index (χ4v) is 3.81. The van der Waals surface area contributed by atoms with E-state index in [1.807, 2.05) is 0 Å². The molecule has 0 saturated carbocycles. The highest BCUT2D eigenvalue weighted by atomic mass is 32.1. The van der Waals surface area contributed by atoms with Gasteiger partial charge in [-0.2, -0.15) is 13.2 Å². The van der Waals surface area contributed by atoms with Gasteiger partial charge in [0.2, 0.25) is 16.9 Å². The van der Waals surface area contributed by atoms with Crippen LogP contribution in [0.1, 0.15) is 23.2 Å². The summed E-state index contributed by atoms with van der Waals surface area (Å²) in [4.78, 5) is 29.4. The number of alkyl halides is 3. The molecule has 3 aromatic rings. The zero-order valence-corrected chi connectivity index (χ0v) is 17.2. The average molecular weight is 453 g/mol. The topological polar surface area (TPSA) is 88.1 Å². The molecule has 2 aromatic heterocycles. The molecule has 0 saturated heterocycles. The summed E-state index contributed by atoms with van der Waals surface area (Å²) in [7, 11) is 0. The van der Waals surface area contributed by atoms with Crippen molar-refractivity contribution in [2.24, 2.45) is 0 Å². The molecule has 7 nitrogen and oxygen atoms in total. The maximum Gasteiger partial charge on any atom is 0.416 e. The Balaban J connectivity index is 1.78. The maximum atomic E-state index is 13.0. The van der Waals surface area contributed by atoms with Crippen LogP contribution in [-0.4, -0.2) is 27.0 Å². The molecule has 3 rings (SSSR count). The second-order valence-electron chi connectivity index (χ2n) is 5.91. The molecule has 0 bridgehead atoms. The van der Waals surface area contributed by atoms with Crippen LogP contribution in [0.25, 0.3) is 6.08 Å². The zero-order chi connectivity index (χ0) is 21.9. The van der Waals surface area contributed by atoms with E-state index in [4.69, 9.17) is 0 Å². The molecule has 0 radical (unpaired) electrons. The molecule has 0 aliphatic heterocycles. The Hall–Kier alpha value is -3.12. The van der Waals surface area contributed by atoms with Crippen molar-refractivity contribution in [3.8, 4) is 0 Å². The molecule has 1 N–H and O–H groups in total. The van der Waals surface area contributed by atoms with Crippen molar-refractivity contribution in [3.63, 3.8) is 0 Å². The number of aromatic nitrogens is 3. The van der Waals surface area contributed by atoms with Crippen molar-refractivity contribution >= 4 is 56.5 Å². The molecule has 0 fully saturated rings. The number of hydrogen-bond donors (Lipinski definition) is 1.